The van der Waals surface area contributed by atoms with E-state index in [0.717, 1.165) is 0 Å². The van der Waals surface area contributed by atoms with Crippen LogP contribution in [0.25, 0.3) is 0 Å². The number of allylic oxidation sites excluding steroid dienone is 2. The molecule has 0 saturated heterocycles. The van der Waals surface area contributed by atoms with Crippen LogP contribution in [0.3, 0.4) is 0 Å². The average Bonchev–Trinajstić information content (AvgIpc) is 2.83. The molecule has 0 fully saturated rings. The predicted molar refractivity (Wildman–Crippen MR) is 89.8 cm³/mol. The van der Waals surface area contributed by atoms with Crippen LogP contribution in [0.5, 0.6) is 5.75 Å². The molecule has 6 nitrogen and oxygen atoms in total. The molecule has 1 aromatic carbocycles. The van der Waals surface area contributed by atoms with Crippen LogP contribution in [0, 0.1) is 0 Å². The largest absolute Gasteiger partial charge is 0.495 e. The molecule has 1 aliphatic heterocycles. The third kappa shape index (κ3) is 3.44. The Morgan fingerprint density at radius 3 is 2.38 bits per heavy atom. The fourth-order valence-corrected chi connectivity index (χ4v) is 2.36. The summed E-state index contributed by atoms with van der Waals surface area (Å²) >= 11 is 6.04. The van der Waals surface area contributed by atoms with Crippen LogP contribution < -0.4 is 9.64 Å². The summed E-state index contributed by atoms with van der Waals surface area (Å²) in [6, 6.07) is 4.97. The van der Waals surface area contributed by atoms with Crippen molar-refractivity contribution in [2.24, 2.45) is 0 Å². The number of rotatable bonds is 4. The highest BCUT2D eigenvalue weighted by atomic mass is 35.5. The van der Waals surface area contributed by atoms with Crippen molar-refractivity contribution < 1.29 is 23.8 Å². The maximum atomic E-state index is 12.3. The van der Waals surface area contributed by atoms with Gasteiger partial charge in [-0.15, -0.1) is 0 Å². The van der Waals surface area contributed by atoms with Crippen molar-refractivity contribution >= 4 is 29.2 Å². The molecule has 1 aliphatic rings. The van der Waals surface area contributed by atoms with Gasteiger partial charge in [-0.2, -0.15) is 0 Å². The highest BCUT2D eigenvalue weighted by Crippen LogP contribution is 2.33. The van der Waals surface area contributed by atoms with Crippen molar-refractivity contribution in [1.29, 1.82) is 0 Å². The van der Waals surface area contributed by atoms with Crippen LogP contribution in [-0.4, -0.2) is 33.3 Å². The monoisotopic (exact) mass is 349 g/mol. The summed E-state index contributed by atoms with van der Waals surface area (Å²) in [7, 11) is 3.97. The molecule has 2 rings (SSSR count). The molecule has 1 heterocycles. The summed E-state index contributed by atoms with van der Waals surface area (Å²) in [5.41, 5.74) is 0.667. The van der Waals surface area contributed by atoms with Crippen molar-refractivity contribution in [3.8, 4) is 5.75 Å². The third-order valence-corrected chi connectivity index (χ3v) is 3.61. The summed E-state index contributed by atoms with van der Waals surface area (Å²) in [6.07, 6.45) is 6.42. The van der Waals surface area contributed by atoms with Gasteiger partial charge in [0.15, 0.2) is 0 Å². The molecule has 0 aromatic heterocycles. The molecule has 0 aliphatic carbocycles. The molecule has 126 valence electrons. The summed E-state index contributed by atoms with van der Waals surface area (Å²) in [5, 5.41) is 0.426. The highest BCUT2D eigenvalue weighted by molar-refractivity contribution is 6.32. The van der Waals surface area contributed by atoms with Gasteiger partial charge in [-0.25, -0.2) is 9.59 Å². The maximum Gasteiger partial charge on any atom is 0.355 e. The van der Waals surface area contributed by atoms with E-state index in [1.807, 2.05) is 0 Å². The van der Waals surface area contributed by atoms with E-state index in [4.69, 9.17) is 25.8 Å². The predicted octanol–water partition coefficient (Wildman–Crippen LogP) is 2.84. The van der Waals surface area contributed by atoms with Gasteiger partial charge in [-0.05, 0) is 24.3 Å². The lowest BCUT2D eigenvalue weighted by Gasteiger charge is -2.23. The van der Waals surface area contributed by atoms with E-state index < -0.39 is 11.9 Å². The van der Waals surface area contributed by atoms with Crippen LogP contribution in [0.2, 0.25) is 5.02 Å². The molecule has 0 bridgehead atoms. The maximum absolute atomic E-state index is 12.3. The topological polar surface area (TPSA) is 65.1 Å². The van der Waals surface area contributed by atoms with E-state index in [1.54, 1.807) is 36.6 Å². The molecular weight excluding hydrogens is 334 g/mol. The molecule has 0 radical (unpaired) electrons. The second-order valence-corrected chi connectivity index (χ2v) is 5.04. The van der Waals surface area contributed by atoms with Crippen molar-refractivity contribution in [3.05, 3.63) is 58.9 Å². The van der Waals surface area contributed by atoms with E-state index in [1.165, 1.54) is 32.3 Å². The number of hydrogen-bond donors (Lipinski definition) is 0. The Kier molecular flexibility index (Phi) is 5.65. The molecule has 1 aromatic rings. The lowest BCUT2D eigenvalue weighted by molar-refractivity contribution is -0.139. The van der Waals surface area contributed by atoms with Crippen LogP contribution in [-0.2, 0) is 19.1 Å². The molecular formula is C17H16ClNO5. The number of nitrogens with zero attached hydrogens (tertiary/aromatic N) is 1. The molecule has 24 heavy (non-hydrogen) atoms. The smallest absolute Gasteiger partial charge is 0.355 e. The first kappa shape index (κ1) is 17.6. The van der Waals surface area contributed by atoms with Gasteiger partial charge in [0.2, 0.25) is 0 Å². The summed E-state index contributed by atoms with van der Waals surface area (Å²) < 4.78 is 14.8. The molecule has 0 spiro atoms. The fourth-order valence-electron chi connectivity index (χ4n) is 2.16. The van der Waals surface area contributed by atoms with Crippen LogP contribution >= 0.6 is 11.6 Å². The van der Waals surface area contributed by atoms with Gasteiger partial charge in [0.05, 0.1) is 31.9 Å². The van der Waals surface area contributed by atoms with E-state index in [-0.39, 0.29) is 11.3 Å². The molecule has 0 atom stereocenters. The molecule has 0 saturated carbocycles. The van der Waals surface area contributed by atoms with Crippen LogP contribution in [0.15, 0.2) is 53.9 Å². The number of benzene rings is 1. The van der Waals surface area contributed by atoms with Gasteiger partial charge in [-0.3, -0.25) is 0 Å². The Balaban J connectivity index is 2.65. The number of anilines is 1. The van der Waals surface area contributed by atoms with E-state index in [9.17, 15) is 9.59 Å². The zero-order valence-electron chi connectivity index (χ0n) is 13.4. The van der Waals surface area contributed by atoms with Gasteiger partial charge >= 0.3 is 11.9 Å². The van der Waals surface area contributed by atoms with Gasteiger partial charge in [0.1, 0.15) is 11.4 Å². The Morgan fingerprint density at radius 1 is 1.04 bits per heavy atom. The number of halogens is 1. The number of hydrogen-bond acceptors (Lipinski definition) is 6. The minimum atomic E-state index is -0.680. The first-order valence-electron chi connectivity index (χ1n) is 6.92. The minimum Gasteiger partial charge on any atom is -0.495 e. The Labute approximate surface area is 144 Å². The van der Waals surface area contributed by atoms with Gasteiger partial charge in [0, 0.05) is 18.0 Å². The highest BCUT2D eigenvalue weighted by Gasteiger charge is 2.27. The van der Waals surface area contributed by atoms with E-state index in [0.29, 0.717) is 16.5 Å². The zero-order valence-corrected chi connectivity index (χ0v) is 14.2. The fraction of sp³-hybridized carbons (Fsp3) is 0.176. The van der Waals surface area contributed by atoms with E-state index >= 15 is 0 Å². The summed E-state index contributed by atoms with van der Waals surface area (Å²) in [5.74, 6) is -0.898. The molecule has 0 unspecified atom stereocenters. The van der Waals surface area contributed by atoms with Gasteiger partial charge < -0.3 is 19.1 Å². The van der Waals surface area contributed by atoms with Crippen LogP contribution in [0.1, 0.15) is 0 Å². The number of ether oxygens (including phenoxy) is 3. The summed E-state index contributed by atoms with van der Waals surface area (Å²) in [6.45, 7) is 0. The van der Waals surface area contributed by atoms with Crippen molar-refractivity contribution in [2.45, 2.75) is 0 Å². The molecule has 0 amide bonds. The van der Waals surface area contributed by atoms with Crippen LogP contribution in [0.4, 0.5) is 5.69 Å². The molecule has 0 N–H and O–H groups in total. The summed E-state index contributed by atoms with van der Waals surface area (Å²) in [4.78, 5) is 25.9. The van der Waals surface area contributed by atoms with Crippen molar-refractivity contribution in [2.75, 3.05) is 26.2 Å². The second kappa shape index (κ2) is 7.70. The molecule has 7 heteroatoms. The lowest BCUT2D eigenvalue weighted by atomic mass is 10.1. The van der Waals surface area contributed by atoms with E-state index in [2.05, 4.69) is 0 Å². The number of carbonyl (C=O) groups excluding carboxylic acids is 2. The van der Waals surface area contributed by atoms with Crippen molar-refractivity contribution in [3.63, 3.8) is 0 Å². The normalized spacial score (nSPS) is 13.6. The first-order chi connectivity index (χ1) is 11.5. The van der Waals surface area contributed by atoms with Crippen molar-refractivity contribution in [1.82, 2.24) is 0 Å². The standard InChI is InChI=1S/C17H16ClNO5/c1-22-14-10-11(7-8-13(14)18)19-9-5-4-6-12(16(20)23-2)15(19)17(21)24-3/h4-10H,1-3H3. The minimum absolute atomic E-state index is 0.0266. The Bertz CT molecular complexity index is 751. The number of methoxy groups -OCH3 is 3. The van der Waals surface area contributed by atoms with Gasteiger partial charge in [0.25, 0.3) is 0 Å². The second-order valence-electron chi connectivity index (χ2n) is 4.63. The van der Waals surface area contributed by atoms with Gasteiger partial charge in [-0.1, -0.05) is 17.7 Å². The Morgan fingerprint density at radius 2 is 1.75 bits per heavy atom. The zero-order chi connectivity index (χ0) is 17.7. The number of carbonyl (C=O) groups is 2. The number of esters is 2. The Hall–Kier alpha value is -2.73. The first-order valence-corrected chi connectivity index (χ1v) is 7.29. The SMILES string of the molecule is COC(=O)C1=C(C(=O)OC)N(c2ccc(Cl)c(OC)c2)C=CC=C1. The lowest BCUT2D eigenvalue weighted by Crippen LogP contribution is -2.26. The average molecular weight is 350 g/mol. The quantitative estimate of drug-likeness (QED) is 0.779. The third-order valence-electron chi connectivity index (χ3n) is 3.30.